The molecule has 142 valence electrons. The van der Waals surface area contributed by atoms with Gasteiger partial charge in [-0.05, 0) is 43.0 Å². The normalized spacial score (nSPS) is 18.5. The smallest absolute Gasteiger partial charge is 0.257 e. The van der Waals surface area contributed by atoms with Crippen molar-refractivity contribution in [1.29, 1.82) is 0 Å². The van der Waals surface area contributed by atoms with Gasteiger partial charge in [0.25, 0.3) is 5.91 Å². The molecule has 0 aromatic heterocycles. The standard InChI is InChI=1S/C19H25ClN2O4/c1-13-9-17(10-13)26-12-19(24)22-14(2)7-8-21-18(23)11-25-16-5-3-15(20)4-6-16/h3-6,13,17H,2,7-12H2,1H3,(H,21,23)(H,22,24)/t13-,17-. The molecule has 26 heavy (non-hydrogen) atoms. The Bertz CT molecular complexity index is 627. The fourth-order valence-electron chi connectivity index (χ4n) is 2.54. The zero-order chi connectivity index (χ0) is 18.9. The lowest BCUT2D eigenvalue weighted by Crippen LogP contribution is -2.35. The minimum Gasteiger partial charge on any atom is -0.484 e. The Labute approximate surface area is 158 Å². The predicted molar refractivity (Wildman–Crippen MR) is 100.0 cm³/mol. The third-order valence-electron chi connectivity index (χ3n) is 4.03. The topological polar surface area (TPSA) is 76.7 Å². The Morgan fingerprint density at radius 1 is 1.19 bits per heavy atom. The first-order valence-corrected chi connectivity index (χ1v) is 9.04. The second-order valence-electron chi connectivity index (χ2n) is 6.50. The molecular weight excluding hydrogens is 356 g/mol. The zero-order valence-electron chi connectivity index (χ0n) is 14.9. The molecule has 0 heterocycles. The van der Waals surface area contributed by atoms with Crippen LogP contribution >= 0.6 is 11.6 Å². The van der Waals surface area contributed by atoms with Gasteiger partial charge in [0, 0.05) is 23.7 Å². The largest absolute Gasteiger partial charge is 0.484 e. The van der Waals surface area contributed by atoms with E-state index in [1.165, 1.54) is 0 Å². The van der Waals surface area contributed by atoms with Crippen LogP contribution < -0.4 is 15.4 Å². The van der Waals surface area contributed by atoms with Gasteiger partial charge in [-0.15, -0.1) is 0 Å². The quantitative estimate of drug-likeness (QED) is 0.654. The Morgan fingerprint density at radius 2 is 1.88 bits per heavy atom. The molecule has 2 amide bonds. The van der Waals surface area contributed by atoms with Crippen molar-refractivity contribution in [2.24, 2.45) is 5.92 Å². The average molecular weight is 381 g/mol. The maximum Gasteiger partial charge on any atom is 0.257 e. The molecule has 6 nitrogen and oxygen atoms in total. The van der Waals surface area contributed by atoms with Gasteiger partial charge in [-0.3, -0.25) is 9.59 Å². The molecule has 1 aliphatic carbocycles. The minimum atomic E-state index is -0.249. The lowest BCUT2D eigenvalue weighted by molar-refractivity contribution is -0.130. The molecule has 0 aliphatic heterocycles. The molecule has 1 aliphatic rings. The molecule has 0 atom stereocenters. The lowest BCUT2D eigenvalue weighted by Gasteiger charge is -2.32. The van der Waals surface area contributed by atoms with Gasteiger partial charge < -0.3 is 20.1 Å². The summed E-state index contributed by atoms with van der Waals surface area (Å²) in [6.07, 6.45) is 2.67. The molecule has 7 heteroatoms. The van der Waals surface area contributed by atoms with Gasteiger partial charge in [0.05, 0.1) is 6.10 Å². The molecule has 1 aromatic rings. The van der Waals surface area contributed by atoms with Crippen LogP contribution in [-0.2, 0) is 14.3 Å². The predicted octanol–water partition coefficient (Wildman–Crippen LogP) is 2.67. The summed E-state index contributed by atoms with van der Waals surface area (Å²) in [5.74, 6) is 0.792. The van der Waals surface area contributed by atoms with Gasteiger partial charge in [-0.1, -0.05) is 25.1 Å². The fourth-order valence-corrected chi connectivity index (χ4v) is 2.66. The molecule has 1 fully saturated rings. The summed E-state index contributed by atoms with van der Waals surface area (Å²) in [7, 11) is 0. The highest BCUT2D eigenvalue weighted by Gasteiger charge is 2.26. The van der Waals surface area contributed by atoms with Crippen molar-refractivity contribution >= 4 is 23.4 Å². The van der Waals surface area contributed by atoms with Gasteiger partial charge in [-0.2, -0.15) is 0 Å². The lowest BCUT2D eigenvalue weighted by atomic mass is 9.84. The first-order chi connectivity index (χ1) is 12.4. The summed E-state index contributed by atoms with van der Waals surface area (Å²) in [6, 6.07) is 6.77. The number of benzene rings is 1. The van der Waals surface area contributed by atoms with Crippen LogP contribution in [0.3, 0.4) is 0 Å². The van der Waals surface area contributed by atoms with Crippen LogP contribution in [0.5, 0.6) is 5.75 Å². The summed E-state index contributed by atoms with van der Waals surface area (Å²) in [5.41, 5.74) is 0.541. The van der Waals surface area contributed by atoms with E-state index in [0.717, 1.165) is 12.8 Å². The van der Waals surface area contributed by atoms with Crippen LogP contribution in [-0.4, -0.2) is 37.7 Å². The highest BCUT2D eigenvalue weighted by atomic mass is 35.5. The number of carbonyl (C=O) groups excluding carboxylic acids is 2. The molecular formula is C19H25ClN2O4. The SMILES string of the molecule is C=C(CCNC(=O)COc1ccc(Cl)cc1)NC(=O)CO[C@H]1C[C@H](C)C1. The van der Waals surface area contributed by atoms with Crippen LogP contribution in [0.4, 0.5) is 0 Å². The Hall–Kier alpha value is -2.05. The Kier molecular flexibility index (Phi) is 7.94. The second kappa shape index (κ2) is 10.2. The summed E-state index contributed by atoms with van der Waals surface area (Å²) in [4.78, 5) is 23.5. The number of hydrogen-bond acceptors (Lipinski definition) is 4. The van der Waals surface area contributed by atoms with Gasteiger partial charge in [0.15, 0.2) is 6.61 Å². The van der Waals surface area contributed by atoms with E-state index in [2.05, 4.69) is 24.1 Å². The van der Waals surface area contributed by atoms with E-state index >= 15 is 0 Å². The van der Waals surface area contributed by atoms with Gasteiger partial charge in [-0.25, -0.2) is 0 Å². The molecule has 0 saturated heterocycles. The van der Waals surface area contributed by atoms with Crippen LogP contribution in [0.15, 0.2) is 36.5 Å². The van der Waals surface area contributed by atoms with Crippen LogP contribution in [0.1, 0.15) is 26.2 Å². The zero-order valence-corrected chi connectivity index (χ0v) is 15.7. The van der Waals surface area contributed by atoms with Gasteiger partial charge in [0.1, 0.15) is 12.4 Å². The maximum absolute atomic E-state index is 11.7. The monoisotopic (exact) mass is 380 g/mol. The third-order valence-corrected chi connectivity index (χ3v) is 4.28. The molecule has 0 radical (unpaired) electrons. The number of ether oxygens (including phenoxy) is 2. The summed E-state index contributed by atoms with van der Waals surface area (Å²) in [5, 5.41) is 5.99. The van der Waals surface area contributed by atoms with Gasteiger partial charge in [0.2, 0.25) is 5.91 Å². The van der Waals surface area contributed by atoms with Crippen molar-refractivity contribution in [3.05, 3.63) is 41.6 Å². The van der Waals surface area contributed by atoms with Crippen LogP contribution in [0, 0.1) is 5.92 Å². The van der Waals surface area contributed by atoms with E-state index in [4.69, 9.17) is 21.1 Å². The van der Waals surface area contributed by atoms with Crippen molar-refractivity contribution in [3.8, 4) is 5.75 Å². The van der Waals surface area contributed by atoms with Crippen molar-refractivity contribution in [1.82, 2.24) is 10.6 Å². The molecule has 1 saturated carbocycles. The first kappa shape index (κ1) is 20.3. The number of hydrogen-bond donors (Lipinski definition) is 2. The molecule has 2 rings (SSSR count). The van der Waals surface area contributed by atoms with Gasteiger partial charge >= 0.3 is 0 Å². The van der Waals surface area contributed by atoms with Crippen LogP contribution in [0.25, 0.3) is 0 Å². The number of halogens is 1. The summed E-state index contributed by atoms with van der Waals surface area (Å²) < 4.78 is 10.8. The average Bonchev–Trinajstić information content (AvgIpc) is 2.57. The molecule has 1 aromatic carbocycles. The molecule has 0 unspecified atom stereocenters. The number of nitrogens with one attached hydrogen (secondary N) is 2. The van der Waals surface area contributed by atoms with Crippen molar-refractivity contribution in [2.45, 2.75) is 32.3 Å². The number of rotatable bonds is 10. The number of amides is 2. The van der Waals surface area contributed by atoms with E-state index in [1.54, 1.807) is 24.3 Å². The maximum atomic E-state index is 11.7. The fraction of sp³-hybridized carbons (Fsp3) is 0.474. The highest BCUT2D eigenvalue weighted by molar-refractivity contribution is 6.30. The molecule has 0 bridgehead atoms. The summed E-state index contributed by atoms with van der Waals surface area (Å²) >= 11 is 5.78. The summed E-state index contributed by atoms with van der Waals surface area (Å²) in [6.45, 7) is 6.26. The Morgan fingerprint density at radius 3 is 2.54 bits per heavy atom. The number of carbonyl (C=O) groups is 2. The van der Waals surface area contributed by atoms with E-state index < -0.39 is 0 Å². The van der Waals surface area contributed by atoms with E-state index in [-0.39, 0.29) is 31.1 Å². The van der Waals surface area contributed by atoms with Crippen LogP contribution in [0.2, 0.25) is 5.02 Å². The Balaban J connectivity index is 1.52. The van der Waals surface area contributed by atoms with Crippen molar-refractivity contribution in [2.75, 3.05) is 19.8 Å². The second-order valence-corrected chi connectivity index (χ2v) is 6.94. The van der Waals surface area contributed by atoms with Crippen molar-refractivity contribution in [3.63, 3.8) is 0 Å². The first-order valence-electron chi connectivity index (χ1n) is 8.66. The van der Waals surface area contributed by atoms with E-state index in [0.29, 0.717) is 35.4 Å². The highest BCUT2D eigenvalue weighted by Crippen LogP contribution is 2.28. The molecule has 2 N–H and O–H groups in total. The third kappa shape index (κ3) is 7.45. The van der Waals surface area contributed by atoms with E-state index in [1.807, 2.05) is 0 Å². The van der Waals surface area contributed by atoms with E-state index in [9.17, 15) is 9.59 Å². The molecule has 0 spiro atoms. The minimum absolute atomic E-state index is 0.0394. The van der Waals surface area contributed by atoms with Crippen molar-refractivity contribution < 1.29 is 19.1 Å².